The van der Waals surface area contributed by atoms with Gasteiger partial charge in [-0.1, -0.05) is 0 Å². The Bertz CT molecular complexity index is 718. The maximum atomic E-state index is 11.8. The van der Waals surface area contributed by atoms with Gasteiger partial charge in [0.25, 0.3) is 0 Å². The van der Waals surface area contributed by atoms with Gasteiger partial charge < -0.3 is 19.4 Å². The monoisotopic (exact) mass is 369 g/mol. The van der Waals surface area contributed by atoms with Gasteiger partial charge in [0.2, 0.25) is 5.91 Å². The molecular formula is C21H27N3O3. The molecule has 0 saturated carbocycles. The van der Waals surface area contributed by atoms with Crippen LogP contribution in [0.4, 0.5) is 5.69 Å². The molecule has 1 saturated heterocycles. The van der Waals surface area contributed by atoms with E-state index in [0.717, 1.165) is 44.9 Å². The van der Waals surface area contributed by atoms with E-state index in [4.69, 9.17) is 9.15 Å². The first-order valence-corrected chi connectivity index (χ1v) is 9.35. The van der Waals surface area contributed by atoms with Crippen LogP contribution in [0, 0.1) is 0 Å². The fourth-order valence-electron chi connectivity index (χ4n) is 3.14. The Morgan fingerprint density at radius 1 is 1.19 bits per heavy atom. The molecule has 144 valence electrons. The van der Waals surface area contributed by atoms with Gasteiger partial charge in [-0.3, -0.25) is 9.69 Å². The summed E-state index contributed by atoms with van der Waals surface area (Å²) in [5, 5.41) is 2.91. The Balaban J connectivity index is 1.30. The van der Waals surface area contributed by atoms with Crippen molar-refractivity contribution in [1.29, 1.82) is 0 Å². The first-order chi connectivity index (χ1) is 13.2. The van der Waals surface area contributed by atoms with Gasteiger partial charge in [0.1, 0.15) is 11.5 Å². The largest absolute Gasteiger partial charge is 0.497 e. The highest BCUT2D eigenvalue weighted by atomic mass is 16.5. The molecule has 1 aliphatic rings. The highest BCUT2D eigenvalue weighted by Gasteiger charge is 2.16. The molecule has 6 heteroatoms. The predicted molar refractivity (Wildman–Crippen MR) is 107 cm³/mol. The lowest BCUT2D eigenvalue weighted by molar-refractivity contribution is -0.116. The van der Waals surface area contributed by atoms with Crippen LogP contribution in [0.1, 0.15) is 12.2 Å². The Hall–Kier alpha value is -2.73. The number of carbonyl (C=O) groups is 1. The number of ether oxygens (including phenoxy) is 1. The summed E-state index contributed by atoms with van der Waals surface area (Å²) in [5.74, 6) is 1.48. The minimum atomic E-state index is -0.0873. The minimum absolute atomic E-state index is 0.0873. The van der Waals surface area contributed by atoms with E-state index >= 15 is 0 Å². The lowest BCUT2D eigenvalue weighted by atomic mass is 10.2. The summed E-state index contributed by atoms with van der Waals surface area (Å²) in [6, 6.07) is 11.8. The second-order valence-electron chi connectivity index (χ2n) is 6.52. The summed E-state index contributed by atoms with van der Waals surface area (Å²) in [6.07, 6.45) is 5.72. The number of furan rings is 1. The molecule has 0 atom stereocenters. The molecule has 0 unspecified atom stereocenters. The van der Waals surface area contributed by atoms with Crippen LogP contribution in [0.25, 0.3) is 6.08 Å². The average molecular weight is 369 g/mol. The number of piperazine rings is 1. The number of methoxy groups -OCH3 is 1. The third kappa shape index (κ3) is 5.89. The molecule has 0 radical (unpaired) electrons. The molecule has 1 aliphatic heterocycles. The van der Waals surface area contributed by atoms with Gasteiger partial charge in [0.05, 0.1) is 13.4 Å². The van der Waals surface area contributed by atoms with Crippen LogP contribution < -0.4 is 15.0 Å². The van der Waals surface area contributed by atoms with Gasteiger partial charge in [-0.05, 0) is 55.4 Å². The number of nitrogens with zero attached hydrogens (tertiary/aromatic N) is 2. The first-order valence-electron chi connectivity index (χ1n) is 9.35. The van der Waals surface area contributed by atoms with E-state index in [1.165, 1.54) is 11.8 Å². The molecule has 2 heterocycles. The van der Waals surface area contributed by atoms with Crippen molar-refractivity contribution in [2.75, 3.05) is 51.3 Å². The Labute approximate surface area is 160 Å². The number of benzene rings is 1. The van der Waals surface area contributed by atoms with Gasteiger partial charge in [-0.15, -0.1) is 0 Å². The summed E-state index contributed by atoms with van der Waals surface area (Å²) >= 11 is 0. The summed E-state index contributed by atoms with van der Waals surface area (Å²) in [7, 11) is 1.69. The second kappa shape index (κ2) is 9.83. The second-order valence-corrected chi connectivity index (χ2v) is 6.52. The predicted octanol–water partition coefficient (Wildman–Crippen LogP) is 2.63. The number of hydrogen-bond donors (Lipinski definition) is 1. The van der Waals surface area contributed by atoms with Crippen molar-refractivity contribution in [2.45, 2.75) is 6.42 Å². The van der Waals surface area contributed by atoms with Gasteiger partial charge in [0.15, 0.2) is 0 Å². The zero-order chi connectivity index (χ0) is 18.9. The average Bonchev–Trinajstić information content (AvgIpc) is 3.24. The topological polar surface area (TPSA) is 58.0 Å². The number of nitrogens with one attached hydrogen (secondary N) is 1. The molecule has 6 nitrogen and oxygen atoms in total. The van der Waals surface area contributed by atoms with Crippen LogP contribution in [0.5, 0.6) is 5.75 Å². The smallest absolute Gasteiger partial charge is 0.244 e. The van der Waals surface area contributed by atoms with E-state index < -0.39 is 0 Å². The van der Waals surface area contributed by atoms with E-state index in [0.29, 0.717) is 12.3 Å². The zero-order valence-corrected chi connectivity index (χ0v) is 15.8. The molecule has 27 heavy (non-hydrogen) atoms. The van der Waals surface area contributed by atoms with Crippen molar-refractivity contribution in [1.82, 2.24) is 10.2 Å². The number of amides is 1. The van der Waals surface area contributed by atoms with Crippen LogP contribution >= 0.6 is 0 Å². The van der Waals surface area contributed by atoms with E-state index in [2.05, 4.69) is 27.2 Å². The highest BCUT2D eigenvalue weighted by molar-refractivity contribution is 5.91. The zero-order valence-electron chi connectivity index (χ0n) is 15.8. The van der Waals surface area contributed by atoms with E-state index in [1.807, 2.05) is 18.2 Å². The lowest BCUT2D eigenvalue weighted by Crippen LogP contribution is -2.47. The molecule has 2 aromatic rings. The lowest BCUT2D eigenvalue weighted by Gasteiger charge is -2.36. The van der Waals surface area contributed by atoms with Gasteiger partial charge in [0, 0.05) is 44.5 Å². The van der Waals surface area contributed by atoms with Gasteiger partial charge in [-0.2, -0.15) is 0 Å². The van der Waals surface area contributed by atoms with Crippen LogP contribution in [-0.2, 0) is 4.79 Å². The summed E-state index contributed by atoms with van der Waals surface area (Å²) in [6.45, 7) is 5.80. The SMILES string of the molecule is COc1ccc(N2CCN(CCCNC(=O)/C=C/c3ccco3)CC2)cc1. The molecule has 0 spiro atoms. The first kappa shape index (κ1) is 19.0. The molecule has 3 rings (SSSR count). The summed E-state index contributed by atoms with van der Waals surface area (Å²) in [5.41, 5.74) is 1.24. The molecule has 0 bridgehead atoms. The fraction of sp³-hybridized carbons (Fsp3) is 0.381. The van der Waals surface area contributed by atoms with Crippen molar-refractivity contribution in [3.63, 3.8) is 0 Å². The van der Waals surface area contributed by atoms with Crippen LogP contribution in [0.15, 0.2) is 53.2 Å². The van der Waals surface area contributed by atoms with Crippen molar-refractivity contribution in [3.8, 4) is 5.75 Å². The third-order valence-corrected chi connectivity index (χ3v) is 4.70. The van der Waals surface area contributed by atoms with Crippen LogP contribution in [0.3, 0.4) is 0 Å². The van der Waals surface area contributed by atoms with Crippen molar-refractivity contribution in [3.05, 3.63) is 54.5 Å². The summed E-state index contributed by atoms with van der Waals surface area (Å²) < 4.78 is 10.4. The number of rotatable bonds is 8. The molecule has 1 aromatic carbocycles. The van der Waals surface area contributed by atoms with E-state index in [1.54, 1.807) is 25.5 Å². The Morgan fingerprint density at radius 3 is 2.63 bits per heavy atom. The normalized spacial score (nSPS) is 15.2. The summed E-state index contributed by atoms with van der Waals surface area (Å²) in [4.78, 5) is 16.6. The Morgan fingerprint density at radius 2 is 1.96 bits per heavy atom. The quantitative estimate of drug-likeness (QED) is 0.573. The van der Waals surface area contributed by atoms with Crippen molar-refractivity contribution in [2.24, 2.45) is 0 Å². The standard InChI is InChI=1S/C21H27N3O3/c1-26-19-7-5-18(6-8-19)24-15-13-23(14-16-24)12-3-11-22-21(25)10-9-20-4-2-17-27-20/h2,4-10,17H,3,11-16H2,1H3,(H,22,25)/b10-9+. The van der Waals surface area contributed by atoms with Gasteiger partial charge >= 0.3 is 0 Å². The molecule has 1 N–H and O–H groups in total. The molecule has 1 amide bonds. The number of carbonyl (C=O) groups excluding carboxylic acids is 1. The van der Waals surface area contributed by atoms with Crippen LogP contribution in [0.2, 0.25) is 0 Å². The highest BCUT2D eigenvalue weighted by Crippen LogP contribution is 2.20. The van der Waals surface area contributed by atoms with E-state index in [9.17, 15) is 4.79 Å². The minimum Gasteiger partial charge on any atom is -0.497 e. The maximum Gasteiger partial charge on any atom is 0.244 e. The molecule has 1 aromatic heterocycles. The fourth-order valence-corrected chi connectivity index (χ4v) is 3.14. The maximum absolute atomic E-state index is 11.8. The number of anilines is 1. The van der Waals surface area contributed by atoms with Gasteiger partial charge in [-0.25, -0.2) is 0 Å². The third-order valence-electron chi connectivity index (χ3n) is 4.70. The Kier molecular flexibility index (Phi) is 6.93. The van der Waals surface area contributed by atoms with Crippen molar-refractivity contribution >= 4 is 17.7 Å². The van der Waals surface area contributed by atoms with E-state index in [-0.39, 0.29) is 5.91 Å². The molecule has 1 fully saturated rings. The number of hydrogen-bond acceptors (Lipinski definition) is 5. The molecule has 0 aliphatic carbocycles. The van der Waals surface area contributed by atoms with Crippen molar-refractivity contribution < 1.29 is 13.9 Å². The molecular weight excluding hydrogens is 342 g/mol. The van der Waals surface area contributed by atoms with Crippen LogP contribution in [-0.4, -0.2) is 57.2 Å².